The quantitative estimate of drug-likeness (QED) is 0.875. The monoisotopic (exact) mass is 283 g/mol. The minimum atomic E-state index is 0.248. The van der Waals surface area contributed by atoms with Gasteiger partial charge in [0.1, 0.15) is 0 Å². The summed E-state index contributed by atoms with van der Waals surface area (Å²) >= 11 is 9.22. The highest BCUT2D eigenvalue weighted by atomic mass is 79.9. The summed E-state index contributed by atoms with van der Waals surface area (Å²) in [4.78, 5) is 0. The maximum atomic E-state index is 5.86. The summed E-state index contributed by atoms with van der Waals surface area (Å²) < 4.78 is 1.01. The molecule has 0 unspecified atom stereocenters. The van der Waals surface area contributed by atoms with Crippen molar-refractivity contribution in [1.82, 2.24) is 10.2 Å². The SMILES string of the molecule is Nc1nnc(-c2ccc(Br)cc2)cc1Cl. The minimum absolute atomic E-state index is 0.248. The molecule has 1 aromatic carbocycles. The highest BCUT2D eigenvalue weighted by Gasteiger charge is 2.03. The molecule has 0 saturated carbocycles. The van der Waals surface area contributed by atoms with Gasteiger partial charge >= 0.3 is 0 Å². The van der Waals surface area contributed by atoms with Crippen molar-refractivity contribution in [2.24, 2.45) is 0 Å². The Labute approximate surface area is 100 Å². The number of halogens is 2. The molecule has 15 heavy (non-hydrogen) atoms. The van der Waals surface area contributed by atoms with E-state index in [0.717, 1.165) is 10.0 Å². The van der Waals surface area contributed by atoms with Crippen LogP contribution in [-0.2, 0) is 0 Å². The smallest absolute Gasteiger partial charge is 0.164 e. The molecule has 0 aliphatic rings. The lowest BCUT2D eigenvalue weighted by atomic mass is 10.1. The normalized spacial score (nSPS) is 10.3. The third kappa shape index (κ3) is 2.27. The van der Waals surface area contributed by atoms with Gasteiger partial charge < -0.3 is 5.73 Å². The lowest BCUT2D eigenvalue weighted by Crippen LogP contribution is -1.95. The van der Waals surface area contributed by atoms with Crippen LogP contribution in [0.5, 0.6) is 0 Å². The van der Waals surface area contributed by atoms with Gasteiger partial charge in [0, 0.05) is 10.0 Å². The number of nitrogens with two attached hydrogens (primary N) is 1. The third-order valence-electron chi connectivity index (χ3n) is 1.91. The van der Waals surface area contributed by atoms with Crippen LogP contribution in [0, 0.1) is 0 Å². The topological polar surface area (TPSA) is 51.8 Å². The molecule has 2 N–H and O–H groups in total. The van der Waals surface area contributed by atoms with Crippen LogP contribution in [0.1, 0.15) is 0 Å². The fourth-order valence-electron chi connectivity index (χ4n) is 1.14. The van der Waals surface area contributed by atoms with Crippen LogP contribution in [0.4, 0.5) is 5.82 Å². The molecule has 0 aliphatic heterocycles. The molecule has 1 heterocycles. The average Bonchev–Trinajstić information content (AvgIpc) is 2.23. The van der Waals surface area contributed by atoms with Gasteiger partial charge in [-0.3, -0.25) is 0 Å². The molecule has 3 nitrogen and oxygen atoms in total. The van der Waals surface area contributed by atoms with E-state index in [2.05, 4.69) is 26.1 Å². The van der Waals surface area contributed by atoms with E-state index >= 15 is 0 Å². The van der Waals surface area contributed by atoms with Gasteiger partial charge in [-0.15, -0.1) is 10.2 Å². The molecule has 0 spiro atoms. The Balaban J connectivity index is 2.45. The predicted molar refractivity (Wildman–Crippen MR) is 64.6 cm³/mol. The number of benzene rings is 1. The van der Waals surface area contributed by atoms with E-state index in [0.29, 0.717) is 10.7 Å². The fraction of sp³-hybridized carbons (Fsp3) is 0. The first-order valence-electron chi connectivity index (χ1n) is 4.21. The Bertz CT molecular complexity index is 485. The van der Waals surface area contributed by atoms with Crippen molar-refractivity contribution >= 4 is 33.3 Å². The van der Waals surface area contributed by atoms with Crippen LogP contribution in [0.25, 0.3) is 11.3 Å². The molecule has 0 fully saturated rings. The molecule has 2 rings (SSSR count). The van der Waals surface area contributed by atoms with E-state index in [1.807, 2.05) is 24.3 Å². The second-order valence-corrected chi connectivity index (χ2v) is 4.29. The van der Waals surface area contributed by atoms with Crippen molar-refractivity contribution in [3.8, 4) is 11.3 Å². The molecule has 0 saturated heterocycles. The second kappa shape index (κ2) is 4.16. The molecular weight excluding hydrogens is 277 g/mol. The van der Waals surface area contributed by atoms with Gasteiger partial charge in [0.15, 0.2) is 5.82 Å². The van der Waals surface area contributed by atoms with Gasteiger partial charge in [-0.2, -0.15) is 0 Å². The van der Waals surface area contributed by atoms with Crippen molar-refractivity contribution < 1.29 is 0 Å². The zero-order valence-corrected chi connectivity index (χ0v) is 9.96. The van der Waals surface area contributed by atoms with E-state index in [9.17, 15) is 0 Å². The van der Waals surface area contributed by atoms with Crippen molar-refractivity contribution in [1.29, 1.82) is 0 Å². The molecule has 2 aromatic rings. The van der Waals surface area contributed by atoms with E-state index < -0.39 is 0 Å². The highest BCUT2D eigenvalue weighted by Crippen LogP contribution is 2.23. The van der Waals surface area contributed by atoms with E-state index in [1.165, 1.54) is 0 Å². The zero-order chi connectivity index (χ0) is 10.8. The van der Waals surface area contributed by atoms with Gasteiger partial charge in [-0.25, -0.2) is 0 Å². The van der Waals surface area contributed by atoms with E-state index in [4.69, 9.17) is 17.3 Å². The molecule has 0 atom stereocenters. The van der Waals surface area contributed by atoms with Crippen molar-refractivity contribution in [2.45, 2.75) is 0 Å². The summed E-state index contributed by atoms with van der Waals surface area (Å²) in [6.07, 6.45) is 0. The average molecular weight is 285 g/mol. The van der Waals surface area contributed by atoms with Crippen LogP contribution in [-0.4, -0.2) is 10.2 Å². The summed E-state index contributed by atoms with van der Waals surface area (Å²) in [5.41, 5.74) is 7.14. The number of nitrogens with zero attached hydrogens (tertiary/aromatic N) is 2. The molecule has 1 aromatic heterocycles. The Morgan fingerprint density at radius 2 is 1.80 bits per heavy atom. The number of hydrogen-bond donors (Lipinski definition) is 1. The van der Waals surface area contributed by atoms with Gasteiger partial charge in [-0.1, -0.05) is 39.7 Å². The number of hydrogen-bond acceptors (Lipinski definition) is 3. The van der Waals surface area contributed by atoms with E-state index in [-0.39, 0.29) is 5.82 Å². The van der Waals surface area contributed by atoms with Gasteiger partial charge in [-0.05, 0) is 18.2 Å². The molecule has 0 aliphatic carbocycles. The molecule has 76 valence electrons. The maximum Gasteiger partial charge on any atom is 0.164 e. The third-order valence-corrected chi connectivity index (χ3v) is 2.74. The lowest BCUT2D eigenvalue weighted by molar-refractivity contribution is 1.05. The first kappa shape index (κ1) is 10.4. The first-order valence-corrected chi connectivity index (χ1v) is 5.38. The summed E-state index contributed by atoms with van der Waals surface area (Å²) in [6, 6.07) is 9.43. The summed E-state index contributed by atoms with van der Waals surface area (Å²) in [5.74, 6) is 0.248. The summed E-state index contributed by atoms with van der Waals surface area (Å²) in [5, 5.41) is 8.15. The van der Waals surface area contributed by atoms with Crippen molar-refractivity contribution in [2.75, 3.05) is 5.73 Å². The number of anilines is 1. The molecule has 0 amide bonds. The number of nitrogen functional groups attached to an aromatic ring is 1. The minimum Gasteiger partial charge on any atom is -0.381 e. The molecule has 0 radical (unpaired) electrons. The maximum absolute atomic E-state index is 5.86. The number of rotatable bonds is 1. The van der Waals surface area contributed by atoms with Crippen LogP contribution < -0.4 is 5.73 Å². The molecule has 5 heteroatoms. The van der Waals surface area contributed by atoms with Crippen molar-refractivity contribution in [3.05, 3.63) is 39.8 Å². The van der Waals surface area contributed by atoms with E-state index in [1.54, 1.807) is 6.07 Å². The Hall–Kier alpha value is -1.13. The largest absolute Gasteiger partial charge is 0.381 e. The number of aromatic nitrogens is 2. The Kier molecular flexibility index (Phi) is 2.88. The second-order valence-electron chi connectivity index (χ2n) is 2.97. The van der Waals surface area contributed by atoms with Gasteiger partial charge in [0.2, 0.25) is 0 Å². The summed E-state index contributed by atoms with van der Waals surface area (Å²) in [6.45, 7) is 0. The Morgan fingerprint density at radius 3 is 2.40 bits per heavy atom. The first-order chi connectivity index (χ1) is 7.16. The highest BCUT2D eigenvalue weighted by molar-refractivity contribution is 9.10. The van der Waals surface area contributed by atoms with Gasteiger partial charge in [0.05, 0.1) is 10.7 Å². The van der Waals surface area contributed by atoms with Crippen molar-refractivity contribution in [3.63, 3.8) is 0 Å². The van der Waals surface area contributed by atoms with Crippen LogP contribution >= 0.6 is 27.5 Å². The fourth-order valence-corrected chi connectivity index (χ4v) is 1.55. The van der Waals surface area contributed by atoms with Gasteiger partial charge in [0.25, 0.3) is 0 Å². The predicted octanol–water partition coefficient (Wildman–Crippen LogP) is 3.14. The Morgan fingerprint density at radius 1 is 1.13 bits per heavy atom. The lowest BCUT2D eigenvalue weighted by Gasteiger charge is -2.01. The molecule has 0 bridgehead atoms. The summed E-state index contributed by atoms with van der Waals surface area (Å²) in [7, 11) is 0. The zero-order valence-electron chi connectivity index (χ0n) is 7.61. The van der Waals surface area contributed by atoms with Crippen LogP contribution in [0.15, 0.2) is 34.8 Å². The van der Waals surface area contributed by atoms with Crippen LogP contribution in [0.3, 0.4) is 0 Å². The molecular formula is C10H7BrClN3. The van der Waals surface area contributed by atoms with Crippen LogP contribution in [0.2, 0.25) is 5.02 Å². The standard InChI is InChI=1S/C10H7BrClN3/c11-7-3-1-6(2-4-7)9-5-8(12)10(13)15-14-9/h1-5H,(H2,13,15).